The molecule has 0 unspecified atom stereocenters. The van der Waals surface area contributed by atoms with E-state index in [1.807, 2.05) is 0 Å². The molecule has 0 aliphatic carbocycles. The normalized spacial score (nSPS) is 10.7. The summed E-state index contributed by atoms with van der Waals surface area (Å²) in [6, 6.07) is 10.1. The molecule has 2 aromatic carbocycles. The minimum Gasteiger partial charge on any atom is -0.460 e. The molecule has 0 saturated heterocycles. The van der Waals surface area contributed by atoms with Crippen molar-refractivity contribution in [3.05, 3.63) is 76.1 Å². The van der Waals surface area contributed by atoms with Gasteiger partial charge in [0.25, 0.3) is 5.82 Å². The fourth-order valence-corrected chi connectivity index (χ4v) is 2.92. The Labute approximate surface area is 169 Å². The molecule has 9 heteroatoms. The third-order valence-corrected chi connectivity index (χ3v) is 4.28. The first-order valence-electron chi connectivity index (χ1n) is 8.24. The fraction of sp³-hybridized carbons (Fsp3) is 0.158. The van der Waals surface area contributed by atoms with Crippen molar-refractivity contribution in [1.82, 2.24) is 14.8 Å². The molecule has 0 amide bonds. The van der Waals surface area contributed by atoms with E-state index in [2.05, 4.69) is 10.1 Å². The van der Waals surface area contributed by atoms with E-state index in [4.69, 9.17) is 27.9 Å². The smallest absolute Gasteiger partial charge is 0.378 e. The summed E-state index contributed by atoms with van der Waals surface area (Å²) in [4.78, 5) is 29.0. The van der Waals surface area contributed by atoms with E-state index in [0.717, 1.165) is 0 Å². The summed E-state index contributed by atoms with van der Waals surface area (Å²) < 4.78 is 20.3. The van der Waals surface area contributed by atoms with Crippen LogP contribution >= 0.6 is 23.2 Å². The zero-order chi connectivity index (χ0) is 20.3. The van der Waals surface area contributed by atoms with Crippen LogP contribution in [0.25, 0.3) is 5.69 Å². The summed E-state index contributed by atoms with van der Waals surface area (Å²) in [5, 5.41) is 4.40. The Hall–Kier alpha value is -2.77. The molecule has 0 radical (unpaired) electrons. The number of benzene rings is 2. The molecule has 144 valence electrons. The molecular formula is C19H14Cl2FN3O3. The monoisotopic (exact) mass is 421 g/mol. The second-order valence-electron chi connectivity index (χ2n) is 5.59. The lowest BCUT2D eigenvalue weighted by Crippen LogP contribution is -2.12. The van der Waals surface area contributed by atoms with Crippen LogP contribution in [-0.4, -0.2) is 33.1 Å². The fourth-order valence-electron chi connectivity index (χ4n) is 2.57. The summed E-state index contributed by atoms with van der Waals surface area (Å²) in [6.07, 6.45) is 0. The van der Waals surface area contributed by atoms with Gasteiger partial charge >= 0.3 is 5.97 Å². The average Bonchev–Trinajstić information content (AvgIpc) is 3.12. The minimum atomic E-state index is -0.719. The van der Waals surface area contributed by atoms with Crippen molar-refractivity contribution < 1.29 is 18.7 Å². The summed E-state index contributed by atoms with van der Waals surface area (Å²) in [6.45, 7) is 1.81. The van der Waals surface area contributed by atoms with Crippen LogP contribution < -0.4 is 0 Å². The van der Waals surface area contributed by atoms with E-state index in [1.165, 1.54) is 35.0 Å². The van der Waals surface area contributed by atoms with Crippen molar-refractivity contribution in [2.45, 2.75) is 12.8 Å². The maximum atomic E-state index is 14.1. The van der Waals surface area contributed by atoms with Crippen molar-refractivity contribution in [2.24, 2.45) is 0 Å². The number of nitrogens with zero attached hydrogens (tertiary/aromatic N) is 3. The van der Waals surface area contributed by atoms with Gasteiger partial charge in [-0.15, -0.1) is 16.7 Å². The van der Waals surface area contributed by atoms with Crippen molar-refractivity contribution in [3.8, 4) is 5.69 Å². The molecule has 0 aliphatic heterocycles. The van der Waals surface area contributed by atoms with Gasteiger partial charge in [0.2, 0.25) is 0 Å². The van der Waals surface area contributed by atoms with Gasteiger partial charge in [0.1, 0.15) is 11.6 Å². The van der Waals surface area contributed by atoms with E-state index in [0.29, 0.717) is 0 Å². The molecular weight excluding hydrogens is 408 g/mol. The number of carbonyl (C=O) groups excluding carboxylic acids is 2. The zero-order valence-electron chi connectivity index (χ0n) is 14.7. The number of hydrogen-bond donors (Lipinski definition) is 0. The number of ether oxygens (including phenoxy) is 1. The molecule has 0 atom stereocenters. The van der Waals surface area contributed by atoms with Gasteiger partial charge in [-0.25, -0.2) is 18.9 Å². The van der Waals surface area contributed by atoms with Gasteiger partial charge in [-0.3, -0.25) is 4.79 Å². The number of carbonyl (C=O) groups is 2. The molecule has 3 aromatic rings. The highest BCUT2D eigenvalue weighted by Gasteiger charge is 2.23. The highest BCUT2D eigenvalue weighted by molar-refractivity contribution is 6.31. The lowest BCUT2D eigenvalue weighted by molar-refractivity contribution is 0.0512. The summed E-state index contributed by atoms with van der Waals surface area (Å²) in [7, 11) is 0. The number of hydrogen-bond acceptors (Lipinski definition) is 5. The van der Waals surface area contributed by atoms with Gasteiger partial charge in [-0.05, 0) is 37.3 Å². The molecule has 0 fully saturated rings. The van der Waals surface area contributed by atoms with Gasteiger partial charge in [0.05, 0.1) is 23.7 Å². The Morgan fingerprint density at radius 3 is 2.61 bits per heavy atom. The summed E-state index contributed by atoms with van der Waals surface area (Å²) in [5.41, 5.74) is 0.227. The lowest BCUT2D eigenvalue weighted by Gasteiger charge is -2.11. The van der Waals surface area contributed by atoms with Crippen LogP contribution in [0.3, 0.4) is 0 Å². The van der Waals surface area contributed by atoms with Crippen molar-refractivity contribution in [2.75, 3.05) is 6.61 Å². The van der Waals surface area contributed by atoms with Crippen LogP contribution in [-0.2, 0) is 10.6 Å². The first-order chi connectivity index (χ1) is 13.5. The second-order valence-corrected chi connectivity index (χ2v) is 6.29. The predicted molar refractivity (Wildman–Crippen MR) is 102 cm³/mol. The van der Waals surface area contributed by atoms with Crippen molar-refractivity contribution >= 4 is 35.0 Å². The molecule has 0 N–H and O–H groups in total. The molecule has 0 bridgehead atoms. The van der Waals surface area contributed by atoms with Crippen molar-refractivity contribution in [3.63, 3.8) is 0 Å². The van der Waals surface area contributed by atoms with Crippen LogP contribution in [0.15, 0.2) is 42.5 Å². The largest absolute Gasteiger partial charge is 0.460 e. The van der Waals surface area contributed by atoms with Gasteiger partial charge in [0, 0.05) is 10.6 Å². The van der Waals surface area contributed by atoms with Crippen LogP contribution in [0.2, 0.25) is 5.02 Å². The van der Waals surface area contributed by atoms with Crippen LogP contribution in [0, 0.1) is 5.82 Å². The molecule has 1 heterocycles. The van der Waals surface area contributed by atoms with Crippen LogP contribution in [0.4, 0.5) is 4.39 Å². The Morgan fingerprint density at radius 2 is 1.93 bits per heavy atom. The second kappa shape index (κ2) is 8.50. The van der Waals surface area contributed by atoms with Crippen LogP contribution in [0.1, 0.15) is 39.3 Å². The minimum absolute atomic E-state index is 0.0810. The lowest BCUT2D eigenvalue weighted by atomic mass is 10.0. The Morgan fingerprint density at radius 1 is 1.18 bits per heavy atom. The van der Waals surface area contributed by atoms with Gasteiger partial charge in [-0.2, -0.15) is 0 Å². The zero-order valence-corrected chi connectivity index (χ0v) is 16.2. The highest BCUT2D eigenvalue weighted by atomic mass is 35.5. The summed E-state index contributed by atoms with van der Waals surface area (Å²) >= 11 is 12.0. The molecule has 1 aromatic heterocycles. The topological polar surface area (TPSA) is 74.1 Å². The number of halogens is 3. The number of aromatic nitrogens is 3. The Bertz CT molecular complexity index is 1050. The number of ketones is 1. The van der Waals surface area contributed by atoms with E-state index in [-0.39, 0.29) is 46.0 Å². The van der Waals surface area contributed by atoms with Crippen molar-refractivity contribution in [1.29, 1.82) is 0 Å². The highest BCUT2D eigenvalue weighted by Crippen LogP contribution is 2.25. The molecule has 28 heavy (non-hydrogen) atoms. The Balaban J connectivity index is 2.15. The average molecular weight is 422 g/mol. The number of esters is 1. The molecule has 3 rings (SSSR count). The molecule has 0 spiro atoms. The maximum Gasteiger partial charge on any atom is 0.378 e. The van der Waals surface area contributed by atoms with Gasteiger partial charge in [-0.1, -0.05) is 23.7 Å². The van der Waals surface area contributed by atoms with Crippen LogP contribution in [0.5, 0.6) is 0 Å². The number of rotatable bonds is 6. The predicted octanol–water partition coefficient (Wildman–Crippen LogP) is 4.21. The number of alkyl halides is 1. The quantitative estimate of drug-likeness (QED) is 0.338. The molecule has 0 aliphatic rings. The third kappa shape index (κ3) is 3.90. The molecule has 6 nitrogen and oxygen atoms in total. The first kappa shape index (κ1) is 20.0. The summed E-state index contributed by atoms with van der Waals surface area (Å²) in [5.74, 6) is -2.04. The van der Waals surface area contributed by atoms with Gasteiger partial charge < -0.3 is 4.74 Å². The van der Waals surface area contributed by atoms with E-state index < -0.39 is 17.6 Å². The van der Waals surface area contributed by atoms with E-state index in [9.17, 15) is 14.0 Å². The first-order valence-corrected chi connectivity index (χ1v) is 9.15. The van der Waals surface area contributed by atoms with E-state index >= 15 is 0 Å². The van der Waals surface area contributed by atoms with Gasteiger partial charge in [0.15, 0.2) is 5.78 Å². The molecule has 0 saturated carbocycles. The maximum absolute atomic E-state index is 14.1. The SMILES string of the molecule is CCOC(=O)c1nc(CCl)n(-c2ccc(Cl)cc2C(=O)c2ccccc2F)n1. The van der Waals surface area contributed by atoms with E-state index in [1.54, 1.807) is 19.1 Å². The standard InChI is InChI=1S/C19H14Cl2FN3O3/c1-2-28-19(27)18-23-16(10-20)25(24-18)15-8-7-11(21)9-13(15)17(26)12-5-3-4-6-14(12)22/h3-9H,2,10H2,1H3. The Kier molecular flexibility index (Phi) is 6.06. The third-order valence-electron chi connectivity index (χ3n) is 3.80.